The van der Waals surface area contributed by atoms with Crippen molar-refractivity contribution in [1.29, 1.82) is 0 Å². The quantitative estimate of drug-likeness (QED) is 0.568. The molecule has 1 aliphatic rings. The maximum atomic E-state index is 14.5. The number of methoxy groups -OCH3 is 1. The summed E-state index contributed by atoms with van der Waals surface area (Å²) in [5, 5.41) is 0. The average molecular weight is 451 g/mol. The van der Waals surface area contributed by atoms with Gasteiger partial charge in [-0.15, -0.1) is 0 Å². The zero-order valence-corrected chi connectivity index (χ0v) is 17.7. The van der Waals surface area contributed by atoms with Crippen molar-refractivity contribution < 1.29 is 26.3 Å². The number of rotatable bonds is 6. The van der Waals surface area contributed by atoms with E-state index >= 15 is 0 Å². The van der Waals surface area contributed by atoms with Crippen LogP contribution in [0.1, 0.15) is 17.8 Å². The number of ether oxygens (including phenoxy) is 1. The molecule has 0 aliphatic carbocycles. The monoisotopic (exact) mass is 451 g/mol. The number of hydrogen-bond acceptors (Lipinski definition) is 4. The summed E-state index contributed by atoms with van der Waals surface area (Å²) in [7, 11) is -1.02. The number of halogens is 3. The number of aryl methyl sites for hydroxylation is 1. The standard InChI is InChI=1S/C21H20F3N3O3S/c1-26(12-14-3-5-15(30-2)6-4-14)31(28,29)16-7-8-18(22)17(11-16)19-13-27-10-9-21(23,24)20(27)25-19/h3-8,11,13H,9-10,12H2,1-2H3. The third-order valence-electron chi connectivity index (χ3n) is 5.26. The van der Waals surface area contributed by atoms with E-state index in [4.69, 9.17) is 4.74 Å². The van der Waals surface area contributed by atoms with E-state index in [9.17, 15) is 21.6 Å². The number of sulfonamides is 1. The molecule has 164 valence electrons. The SMILES string of the molecule is COc1ccc(CN(C)S(=O)(=O)c2ccc(F)c(-c3cn4c(n3)C(F)(F)CC4)c2)cc1. The van der Waals surface area contributed by atoms with Gasteiger partial charge in [0.25, 0.3) is 0 Å². The molecule has 0 saturated carbocycles. The normalized spacial score (nSPS) is 15.3. The molecule has 1 aliphatic heterocycles. The van der Waals surface area contributed by atoms with Crippen LogP contribution in [-0.4, -0.2) is 36.4 Å². The lowest BCUT2D eigenvalue weighted by molar-refractivity contribution is -0.00617. The second kappa shape index (κ2) is 7.69. The third-order valence-corrected chi connectivity index (χ3v) is 7.06. The van der Waals surface area contributed by atoms with Crippen LogP contribution in [-0.2, 0) is 29.0 Å². The number of alkyl halides is 2. The Morgan fingerprint density at radius 3 is 2.55 bits per heavy atom. The summed E-state index contributed by atoms with van der Waals surface area (Å²) in [4.78, 5) is 3.73. The molecule has 6 nitrogen and oxygen atoms in total. The number of aromatic nitrogens is 2. The Balaban J connectivity index is 1.64. The van der Waals surface area contributed by atoms with E-state index < -0.39 is 27.6 Å². The van der Waals surface area contributed by atoms with Crippen LogP contribution in [0.25, 0.3) is 11.3 Å². The van der Waals surface area contributed by atoms with E-state index in [-0.39, 0.29) is 35.7 Å². The first kappa shape index (κ1) is 21.4. The fraction of sp³-hybridized carbons (Fsp3) is 0.286. The van der Waals surface area contributed by atoms with Crippen molar-refractivity contribution in [1.82, 2.24) is 13.9 Å². The molecule has 0 N–H and O–H groups in total. The van der Waals surface area contributed by atoms with Gasteiger partial charge in [-0.05, 0) is 35.9 Å². The van der Waals surface area contributed by atoms with Gasteiger partial charge in [0.05, 0.1) is 17.7 Å². The van der Waals surface area contributed by atoms with Crippen LogP contribution in [0.4, 0.5) is 13.2 Å². The van der Waals surface area contributed by atoms with Crippen LogP contribution in [0.5, 0.6) is 5.75 Å². The number of hydrogen-bond donors (Lipinski definition) is 0. The summed E-state index contributed by atoms with van der Waals surface area (Å²) < 4.78 is 75.8. The summed E-state index contributed by atoms with van der Waals surface area (Å²) in [6.45, 7) is 0.156. The van der Waals surface area contributed by atoms with Crippen molar-refractivity contribution in [2.75, 3.05) is 14.2 Å². The van der Waals surface area contributed by atoms with Crippen molar-refractivity contribution >= 4 is 10.0 Å². The topological polar surface area (TPSA) is 64.4 Å². The van der Waals surface area contributed by atoms with Crippen molar-refractivity contribution in [2.45, 2.75) is 30.3 Å². The number of fused-ring (bicyclic) bond motifs is 1. The summed E-state index contributed by atoms with van der Waals surface area (Å²) in [5.41, 5.74) is 0.570. The molecule has 0 amide bonds. The summed E-state index contributed by atoms with van der Waals surface area (Å²) in [6.07, 6.45) is 0.967. The molecular weight excluding hydrogens is 431 g/mol. The predicted molar refractivity (Wildman–Crippen MR) is 108 cm³/mol. The van der Waals surface area contributed by atoms with Crippen molar-refractivity contribution in [3.05, 3.63) is 65.9 Å². The molecule has 0 fully saturated rings. The van der Waals surface area contributed by atoms with Gasteiger partial charge in [-0.3, -0.25) is 0 Å². The molecular formula is C21H20F3N3O3S. The maximum absolute atomic E-state index is 14.5. The third kappa shape index (κ3) is 3.92. The number of imidazole rings is 1. The van der Waals surface area contributed by atoms with Crippen LogP contribution in [0.3, 0.4) is 0 Å². The smallest absolute Gasteiger partial charge is 0.306 e. The Morgan fingerprint density at radius 1 is 1.19 bits per heavy atom. The molecule has 0 unspecified atom stereocenters. The van der Waals surface area contributed by atoms with Crippen molar-refractivity contribution in [2.24, 2.45) is 0 Å². The highest BCUT2D eigenvalue weighted by Gasteiger charge is 2.42. The van der Waals surface area contributed by atoms with Crippen LogP contribution in [0.15, 0.2) is 53.6 Å². The maximum Gasteiger partial charge on any atom is 0.306 e. The van der Waals surface area contributed by atoms with Gasteiger partial charge in [-0.25, -0.2) is 17.8 Å². The molecule has 0 radical (unpaired) electrons. The second-order valence-corrected chi connectivity index (χ2v) is 9.39. The molecule has 1 aromatic heterocycles. The second-order valence-electron chi connectivity index (χ2n) is 7.35. The molecule has 0 bridgehead atoms. The zero-order chi connectivity index (χ0) is 22.4. The highest BCUT2D eigenvalue weighted by molar-refractivity contribution is 7.89. The van der Waals surface area contributed by atoms with Crippen LogP contribution >= 0.6 is 0 Å². The molecule has 10 heteroatoms. The highest BCUT2D eigenvalue weighted by atomic mass is 32.2. The summed E-state index contributed by atoms with van der Waals surface area (Å²) in [5.74, 6) is -3.62. The van der Waals surface area contributed by atoms with E-state index in [0.717, 1.165) is 28.1 Å². The largest absolute Gasteiger partial charge is 0.497 e. The van der Waals surface area contributed by atoms with E-state index in [1.54, 1.807) is 24.3 Å². The zero-order valence-electron chi connectivity index (χ0n) is 16.8. The number of nitrogens with zero attached hydrogens (tertiary/aromatic N) is 3. The Bertz CT molecular complexity index is 1220. The van der Waals surface area contributed by atoms with Crippen LogP contribution in [0, 0.1) is 5.82 Å². The minimum atomic E-state index is -3.97. The molecule has 0 saturated heterocycles. The van der Waals surface area contributed by atoms with Gasteiger partial charge in [-0.2, -0.15) is 13.1 Å². The molecule has 2 aromatic carbocycles. The fourth-order valence-electron chi connectivity index (χ4n) is 3.49. The van der Waals surface area contributed by atoms with Gasteiger partial charge in [0.2, 0.25) is 10.0 Å². The van der Waals surface area contributed by atoms with Crippen LogP contribution in [0.2, 0.25) is 0 Å². The Labute approximate surface area is 177 Å². The van der Waals surface area contributed by atoms with E-state index in [1.165, 1.54) is 24.9 Å². The van der Waals surface area contributed by atoms with Gasteiger partial charge in [-0.1, -0.05) is 12.1 Å². The highest BCUT2D eigenvalue weighted by Crippen LogP contribution is 2.39. The minimum absolute atomic E-state index is 0.0262. The van der Waals surface area contributed by atoms with Crippen LogP contribution < -0.4 is 4.74 Å². The Morgan fingerprint density at radius 2 is 1.90 bits per heavy atom. The molecule has 0 spiro atoms. The van der Waals surface area contributed by atoms with Gasteiger partial charge in [0.1, 0.15) is 11.6 Å². The molecule has 4 rings (SSSR count). The summed E-state index contributed by atoms with van der Waals surface area (Å²) >= 11 is 0. The van der Waals surface area contributed by atoms with Gasteiger partial charge in [0, 0.05) is 38.3 Å². The molecule has 2 heterocycles. The lowest BCUT2D eigenvalue weighted by Gasteiger charge is -2.18. The Kier molecular flexibility index (Phi) is 5.30. The lowest BCUT2D eigenvalue weighted by atomic mass is 10.1. The first-order valence-corrected chi connectivity index (χ1v) is 10.9. The predicted octanol–water partition coefficient (Wildman–Crippen LogP) is 4.01. The fourth-order valence-corrected chi connectivity index (χ4v) is 4.68. The lowest BCUT2D eigenvalue weighted by Crippen LogP contribution is -2.26. The molecule has 31 heavy (non-hydrogen) atoms. The van der Waals surface area contributed by atoms with Gasteiger partial charge < -0.3 is 9.30 Å². The molecule has 3 aromatic rings. The van der Waals surface area contributed by atoms with Crippen molar-refractivity contribution in [3.8, 4) is 17.0 Å². The first-order chi connectivity index (χ1) is 14.6. The molecule has 0 atom stereocenters. The first-order valence-electron chi connectivity index (χ1n) is 9.46. The van der Waals surface area contributed by atoms with Crippen molar-refractivity contribution in [3.63, 3.8) is 0 Å². The average Bonchev–Trinajstić information content (AvgIpc) is 3.29. The summed E-state index contributed by atoms with van der Waals surface area (Å²) in [6, 6.07) is 10.2. The van der Waals surface area contributed by atoms with Gasteiger partial charge in [0.15, 0.2) is 5.82 Å². The number of benzene rings is 2. The van der Waals surface area contributed by atoms with Gasteiger partial charge >= 0.3 is 5.92 Å². The van der Waals surface area contributed by atoms with E-state index in [2.05, 4.69) is 4.98 Å². The Hall–Kier alpha value is -2.85. The van der Waals surface area contributed by atoms with E-state index in [0.29, 0.717) is 5.75 Å². The van der Waals surface area contributed by atoms with E-state index in [1.807, 2.05) is 0 Å². The minimum Gasteiger partial charge on any atom is -0.497 e.